The SMILES string of the molecule is C=CC1COC(c2ccccc2)N1S(=O)(=O)c1ccc(C)cc1. The molecule has 23 heavy (non-hydrogen) atoms. The van der Waals surface area contributed by atoms with Gasteiger partial charge < -0.3 is 4.74 Å². The van der Waals surface area contributed by atoms with Gasteiger partial charge in [0.15, 0.2) is 6.23 Å². The molecule has 1 heterocycles. The summed E-state index contributed by atoms with van der Waals surface area (Å²) in [5, 5.41) is 0. The molecule has 5 heteroatoms. The molecule has 2 atom stereocenters. The first kappa shape index (κ1) is 15.9. The number of hydrogen-bond donors (Lipinski definition) is 0. The van der Waals surface area contributed by atoms with Gasteiger partial charge >= 0.3 is 0 Å². The maximum absolute atomic E-state index is 13.1. The average Bonchev–Trinajstić information content (AvgIpc) is 3.01. The van der Waals surface area contributed by atoms with Crippen molar-refractivity contribution in [3.8, 4) is 0 Å². The third-order valence-corrected chi connectivity index (χ3v) is 5.82. The molecule has 1 aliphatic rings. The third kappa shape index (κ3) is 2.95. The lowest BCUT2D eigenvalue weighted by Gasteiger charge is -2.26. The fraction of sp³-hybridized carbons (Fsp3) is 0.222. The summed E-state index contributed by atoms with van der Waals surface area (Å²) in [6.45, 7) is 5.98. The average molecular weight is 329 g/mol. The molecule has 1 aliphatic heterocycles. The largest absolute Gasteiger partial charge is 0.356 e. The van der Waals surface area contributed by atoms with Crippen LogP contribution in [0, 0.1) is 6.92 Å². The lowest BCUT2D eigenvalue weighted by molar-refractivity contribution is 0.0682. The van der Waals surface area contributed by atoms with E-state index >= 15 is 0 Å². The number of ether oxygens (including phenoxy) is 1. The third-order valence-electron chi connectivity index (χ3n) is 3.94. The van der Waals surface area contributed by atoms with Crippen molar-refractivity contribution in [2.45, 2.75) is 24.1 Å². The van der Waals surface area contributed by atoms with Crippen LogP contribution in [0.5, 0.6) is 0 Å². The lowest BCUT2D eigenvalue weighted by Crippen LogP contribution is -2.37. The van der Waals surface area contributed by atoms with Gasteiger partial charge in [-0.2, -0.15) is 4.31 Å². The van der Waals surface area contributed by atoms with E-state index in [0.717, 1.165) is 11.1 Å². The van der Waals surface area contributed by atoms with Crippen LogP contribution >= 0.6 is 0 Å². The molecule has 0 bridgehead atoms. The first-order valence-electron chi connectivity index (χ1n) is 7.43. The Hall–Kier alpha value is -1.95. The highest BCUT2D eigenvalue weighted by Gasteiger charge is 2.42. The van der Waals surface area contributed by atoms with Crippen molar-refractivity contribution in [1.82, 2.24) is 4.31 Å². The highest BCUT2D eigenvalue weighted by molar-refractivity contribution is 7.89. The van der Waals surface area contributed by atoms with E-state index < -0.39 is 16.3 Å². The van der Waals surface area contributed by atoms with Crippen LogP contribution in [0.4, 0.5) is 0 Å². The molecular weight excluding hydrogens is 310 g/mol. The van der Waals surface area contributed by atoms with Crippen LogP contribution in [-0.4, -0.2) is 25.4 Å². The zero-order valence-electron chi connectivity index (χ0n) is 12.9. The van der Waals surface area contributed by atoms with Crippen LogP contribution in [-0.2, 0) is 14.8 Å². The van der Waals surface area contributed by atoms with E-state index in [4.69, 9.17) is 4.74 Å². The monoisotopic (exact) mass is 329 g/mol. The number of aryl methyl sites for hydroxylation is 1. The van der Waals surface area contributed by atoms with Crippen LogP contribution in [0.2, 0.25) is 0 Å². The normalized spacial score (nSPS) is 22.1. The zero-order chi connectivity index (χ0) is 16.4. The number of nitrogens with zero attached hydrogens (tertiary/aromatic N) is 1. The van der Waals surface area contributed by atoms with Crippen molar-refractivity contribution in [2.75, 3.05) is 6.61 Å². The van der Waals surface area contributed by atoms with Gasteiger partial charge in [0.25, 0.3) is 0 Å². The highest BCUT2D eigenvalue weighted by Crippen LogP contribution is 2.36. The molecule has 120 valence electrons. The first-order chi connectivity index (χ1) is 11.0. The molecule has 1 fully saturated rings. The molecule has 0 saturated carbocycles. The van der Waals surface area contributed by atoms with Crippen molar-refractivity contribution in [3.63, 3.8) is 0 Å². The van der Waals surface area contributed by atoms with Gasteiger partial charge in [0, 0.05) is 0 Å². The summed E-state index contributed by atoms with van der Waals surface area (Å²) in [5.41, 5.74) is 1.83. The Labute approximate surface area is 137 Å². The number of sulfonamides is 1. The number of hydrogen-bond acceptors (Lipinski definition) is 3. The Bertz CT molecular complexity index is 785. The van der Waals surface area contributed by atoms with Crippen LogP contribution in [0.25, 0.3) is 0 Å². The van der Waals surface area contributed by atoms with Crippen LogP contribution in [0.3, 0.4) is 0 Å². The fourth-order valence-electron chi connectivity index (χ4n) is 2.68. The van der Waals surface area contributed by atoms with E-state index in [1.807, 2.05) is 37.3 Å². The summed E-state index contributed by atoms with van der Waals surface area (Å²) in [7, 11) is -3.68. The Morgan fingerprint density at radius 1 is 1.13 bits per heavy atom. The highest BCUT2D eigenvalue weighted by atomic mass is 32.2. The summed E-state index contributed by atoms with van der Waals surface area (Å²) in [5.74, 6) is 0. The minimum absolute atomic E-state index is 0.265. The number of rotatable bonds is 4. The van der Waals surface area contributed by atoms with Crippen LogP contribution in [0.1, 0.15) is 17.4 Å². The molecule has 0 aliphatic carbocycles. The molecule has 2 aromatic rings. The van der Waals surface area contributed by atoms with E-state index in [0.29, 0.717) is 6.61 Å². The Balaban J connectivity index is 2.05. The van der Waals surface area contributed by atoms with Gasteiger partial charge in [-0.15, -0.1) is 6.58 Å². The van der Waals surface area contributed by atoms with E-state index in [1.54, 1.807) is 30.3 Å². The topological polar surface area (TPSA) is 46.6 Å². The Morgan fingerprint density at radius 3 is 2.39 bits per heavy atom. The molecule has 1 saturated heterocycles. The zero-order valence-corrected chi connectivity index (χ0v) is 13.7. The molecule has 2 aromatic carbocycles. The minimum Gasteiger partial charge on any atom is -0.356 e. The van der Waals surface area contributed by atoms with Crippen molar-refractivity contribution < 1.29 is 13.2 Å². The second kappa shape index (κ2) is 6.28. The predicted molar refractivity (Wildman–Crippen MR) is 89.3 cm³/mol. The molecule has 0 N–H and O–H groups in total. The van der Waals surface area contributed by atoms with Gasteiger partial charge in [0.05, 0.1) is 17.5 Å². The van der Waals surface area contributed by atoms with E-state index in [9.17, 15) is 8.42 Å². The summed E-state index contributed by atoms with van der Waals surface area (Å²) < 4.78 is 33.4. The molecular formula is C18H19NO3S. The van der Waals surface area contributed by atoms with Gasteiger partial charge in [0.2, 0.25) is 10.0 Å². The standard InChI is InChI=1S/C18H19NO3S/c1-3-16-13-22-18(15-7-5-4-6-8-15)19(16)23(20,21)17-11-9-14(2)10-12-17/h3-12,16,18H,1,13H2,2H3. The van der Waals surface area contributed by atoms with E-state index in [2.05, 4.69) is 6.58 Å². The molecule has 0 aromatic heterocycles. The quantitative estimate of drug-likeness (QED) is 0.809. The lowest BCUT2D eigenvalue weighted by atomic mass is 10.2. The summed E-state index contributed by atoms with van der Waals surface area (Å²) >= 11 is 0. The van der Waals surface area contributed by atoms with Crippen LogP contribution in [0.15, 0.2) is 72.1 Å². The maximum atomic E-state index is 13.1. The smallest absolute Gasteiger partial charge is 0.246 e. The summed E-state index contributed by atoms with van der Waals surface area (Å²) in [6.07, 6.45) is 0.986. The molecule has 3 rings (SSSR count). The van der Waals surface area contributed by atoms with Crippen molar-refractivity contribution in [1.29, 1.82) is 0 Å². The van der Waals surface area contributed by atoms with Crippen molar-refractivity contribution in [3.05, 3.63) is 78.4 Å². The van der Waals surface area contributed by atoms with Crippen LogP contribution < -0.4 is 0 Å². The molecule has 0 spiro atoms. The van der Waals surface area contributed by atoms with E-state index in [-0.39, 0.29) is 10.9 Å². The van der Waals surface area contributed by atoms with Crippen molar-refractivity contribution in [2.24, 2.45) is 0 Å². The van der Waals surface area contributed by atoms with Gasteiger partial charge in [-0.05, 0) is 24.6 Å². The Morgan fingerprint density at radius 2 is 1.78 bits per heavy atom. The molecule has 0 amide bonds. The van der Waals surface area contributed by atoms with Crippen molar-refractivity contribution >= 4 is 10.0 Å². The fourth-order valence-corrected chi connectivity index (χ4v) is 4.34. The predicted octanol–water partition coefficient (Wildman–Crippen LogP) is 3.27. The van der Waals surface area contributed by atoms with Gasteiger partial charge in [-0.3, -0.25) is 0 Å². The second-order valence-corrected chi connectivity index (χ2v) is 7.39. The second-order valence-electron chi connectivity index (χ2n) is 5.55. The molecule has 0 radical (unpaired) electrons. The Kier molecular flexibility index (Phi) is 4.35. The van der Waals surface area contributed by atoms with Gasteiger partial charge in [-0.1, -0.05) is 54.1 Å². The summed E-state index contributed by atoms with van der Waals surface area (Å²) in [4.78, 5) is 0.265. The van der Waals surface area contributed by atoms with E-state index in [1.165, 1.54) is 4.31 Å². The maximum Gasteiger partial charge on any atom is 0.246 e. The molecule has 2 unspecified atom stereocenters. The minimum atomic E-state index is -3.68. The summed E-state index contributed by atoms with van der Waals surface area (Å²) in [6, 6.07) is 15.8. The van der Waals surface area contributed by atoms with Gasteiger partial charge in [0.1, 0.15) is 0 Å². The number of benzene rings is 2. The van der Waals surface area contributed by atoms with Gasteiger partial charge in [-0.25, -0.2) is 8.42 Å². The molecule has 4 nitrogen and oxygen atoms in total. The first-order valence-corrected chi connectivity index (χ1v) is 8.87.